The Morgan fingerprint density at radius 1 is 1.24 bits per heavy atom. The molecule has 2 aliphatic rings. The molecule has 3 atom stereocenters. The smallest absolute Gasteiger partial charge is 0.125 e. The molecule has 3 nitrogen and oxygen atoms in total. The minimum absolute atomic E-state index is 0.170. The van der Waals surface area contributed by atoms with E-state index in [1.54, 1.807) is 0 Å². The van der Waals surface area contributed by atoms with Crippen LogP contribution in [0.5, 0.6) is 5.75 Å². The Balaban J connectivity index is 1.76. The van der Waals surface area contributed by atoms with E-state index in [4.69, 9.17) is 9.47 Å². The highest BCUT2D eigenvalue weighted by Crippen LogP contribution is 2.48. The lowest BCUT2D eigenvalue weighted by molar-refractivity contribution is -0.120. The molecule has 3 rings (SSSR count). The lowest BCUT2D eigenvalue weighted by Crippen LogP contribution is -2.62. The summed E-state index contributed by atoms with van der Waals surface area (Å²) in [5, 5.41) is 3.84. The Kier molecular flexibility index (Phi) is 3.53. The van der Waals surface area contributed by atoms with Crippen LogP contribution in [0.2, 0.25) is 0 Å². The van der Waals surface area contributed by atoms with E-state index in [0.29, 0.717) is 12.1 Å². The molecule has 3 unspecified atom stereocenters. The Bertz CT molecular complexity index is 524. The zero-order chi connectivity index (χ0) is 15.3. The predicted molar refractivity (Wildman–Crippen MR) is 84.6 cm³/mol. The highest BCUT2D eigenvalue weighted by molar-refractivity contribution is 5.42. The van der Waals surface area contributed by atoms with Crippen LogP contribution in [0.4, 0.5) is 0 Å². The van der Waals surface area contributed by atoms with Crippen molar-refractivity contribution in [2.45, 2.75) is 64.8 Å². The normalized spacial score (nSPS) is 32.1. The Labute approximate surface area is 128 Å². The van der Waals surface area contributed by atoms with Gasteiger partial charge in [0.1, 0.15) is 11.4 Å². The predicted octanol–water partition coefficient (Wildman–Crippen LogP) is 3.69. The molecule has 1 fully saturated rings. The van der Waals surface area contributed by atoms with Crippen LogP contribution in [0.15, 0.2) is 24.3 Å². The third-order valence-electron chi connectivity index (χ3n) is 5.21. The Morgan fingerprint density at radius 3 is 2.62 bits per heavy atom. The topological polar surface area (TPSA) is 30.5 Å². The molecule has 1 aliphatic carbocycles. The van der Waals surface area contributed by atoms with E-state index < -0.39 is 0 Å². The number of hydrogen-bond donors (Lipinski definition) is 1. The largest absolute Gasteiger partial charge is 0.486 e. The number of nitrogens with one attached hydrogen (secondary N) is 1. The fourth-order valence-electron chi connectivity index (χ4n) is 3.67. The van der Waals surface area contributed by atoms with Crippen molar-refractivity contribution in [2.75, 3.05) is 6.61 Å². The molecular weight excluding hydrogens is 262 g/mol. The van der Waals surface area contributed by atoms with Crippen LogP contribution >= 0.6 is 0 Å². The fraction of sp³-hybridized carbons (Fsp3) is 0.667. The van der Waals surface area contributed by atoms with Gasteiger partial charge in [-0.05, 0) is 33.3 Å². The first-order valence-electron chi connectivity index (χ1n) is 8.02. The minimum Gasteiger partial charge on any atom is -0.486 e. The summed E-state index contributed by atoms with van der Waals surface area (Å²) in [6.45, 7) is 11.8. The van der Waals surface area contributed by atoms with Gasteiger partial charge in [-0.15, -0.1) is 0 Å². The molecule has 1 aromatic rings. The molecule has 21 heavy (non-hydrogen) atoms. The lowest BCUT2D eigenvalue weighted by Gasteiger charge is -2.53. The first-order valence-corrected chi connectivity index (χ1v) is 8.02. The van der Waals surface area contributed by atoms with Crippen molar-refractivity contribution in [2.24, 2.45) is 5.41 Å². The van der Waals surface area contributed by atoms with Gasteiger partial charge in [0.25, 0.3) is 0 Å². The summed E-state index contributed by atoms with van der Waals surface area (Å²) in [5.74, 6) is 1.01. The zero-order valence-electron chi connectivity index (χ0n) is 13.8. The number of rotatable bonds is 4. The standard InChI is InChI=1S/C18H27NO2/c1-6-20-15-11-14(17(15,2)3)19-16-12-9-7-8-10-13(12)21-18(16,4)5/h7-10,14-16,19H,6,11H2,1-5H3. The molecule has 0 bridgehead atoms. The van der Waals surface area contributed by atoms with Gasteiger partial charge in [0, 0.05) is 23.6 Å². The van der Waals surface area contributed by atoms with Crippen molar-refractivity contribution >= 4 is 0 Å². The van der Waals surface area contributed by atoms with E-state index in [1.807, 2.05) is 6.07 Å². The Hall–Kier alpha value is -1.06. The maximum atomic E-state index is 6.13. The third-order valence-corrected chi connectivity index (χ3v) is 5.21. The summed E-state index contributed by atoms with van der Waals surface area (Å²) in [6, 6.07) is 9.07. The third kappa shape index (κ3) is 2.36. The van der Waals surface area contributed by atoms with Crippen LogP contribution in [-0.4, -0.2) is 24.4 Å². The van der Waals surface area contributed by atoms with Gasteiger partial charge in [0.05, 0.1) is 12.1 Å². The molecular formula is C18H27NO2. The number of hydrogen-bond acceptors (Lipinski definition) is 3. The van der Waals surface area contributed by atoms with E-state index in [-0.39, 0.29) is 17.1 Å². The van der Waals surface area contributed by atoms with Crippen molar-refractivity contribution in [3.05, 3.63) is 29.8 Å². The fourth-order valence-corrected chi connectivity index (χ4v) is 3.67. The van der Waals surface area contributed by atoms with E-state index in [1.165, 1.54) is 5.56 Å². The van der Waals surface area contributed by atoms with Gasteiger partial charge < -0.3 is 14.8 Å². The first kappa shape index (κ1) is 14.9. The molecule has 3 heteroatoms. The molecule has 0 aromatic heterocycles. The number of fused-ring (bicyclic) bond motifs is 1. The second-order valence-corrected chi connectivity index (χ2v) is 7.40. The summed E-state index contributed by atoms with van der Waals surface area (Å²) >= 11 is 0. The van der Waals surface area contributed by atoms with E-state index >= 15 is 0 Å². The zero-order valence-corrected chi connectivity index (χ0v) is 13.8. The molecule has 0 saturated heterocycles. The van der Waals surface area contributed by atoms with Gasteiger partial charge in [-0.3, -0.25) is 0 Å². The molecule has 0 amide bonds. The van der Waals surface area contributed by atoms with Crippen LogP contribution in [0.25, 0.3) is 0 Å². The van der Waals surface area contributed by atoms with Gasteiger partial charge in [0.15, 0.2) is 0 Å². The first-order chi connectivity index (χ1) is 9.86. The molecule has 1 heterocycles. The van der Waals surface area contributed by atoms with Gasteiger partial charge >= 0.3 is 0 Å². The van der Waals surface area contributed by atoms with Crippen molar-refractivity contribution in [3.63, 3.8) is 0 Å². The van der Waals surface area contributed by atoms with E-state index in [2.05, 4.69) is 58.1 Å². The van der Waals surface area contributed by atoms with Crippen LogP contribution in [-0.2, 0) is 4.74 Å². The van der Waals surface area contributed by atoms with Gasteiger partial charge in [0.2, 0.25) is 0 Å². The molecule has 1 N–H and O–H groups in total. The SMILES string of the molecule is CCOC1CC(NC2c3ccccc3OC2(C)C)C1(C)C. The second-order valence-electron chi connectivity index (χ2n) is 7.40. The number of benzene rings is 1. The average Bonchev–Trinajstić information content (AvgIpc) is 2.68. The molecule has 0 radical (unpaired) electrons. The highest BCUT2D eigenvalue weighted by atomic mass is 16.5. The Morgan fingerprint density at radius 2 is 1.95 bits per heavy atom. The highest BCUT2D eigenvalue weighted by Gasteiger charge is 2.52. The maximum Gasteiger partial charge on any atom is 0.125 e. The van der Waals surface area contributed by atoms with Gasteiger partial charge in [-0.2, -0.15) is 0 Å². The molecule has 1 saturated carbocycles. The van der Waals surface area contributed by atoms with E-state index in [9.17, 15) is 0 Å². The molecule has 1 aliphatic heterocycles. The van der Waals surface area contributed by atoms with Crippen LogP contribution in [0.1, 0.15) is 52.6 Å². The van der Waals surface area contributed by atoms with Crippen LogP contribution < -0.4 is 10.1 Å². The lowest BCUT2D eigenvalue weighted by atomic mass is 9.64. The van der Waals surface area contributed by atoms with E-state index in [0.717, 1.165) is 18.8 Å². The quantitative estimate of drug-likeness (QED) is 0.917. The van der Waals surface area contributed by atoms with Crippen molar-refractivity contribution in [1.82, 2.24) is 5.32 Å². The molecule has 116 valence electrons. The number of para-hydroxylation sites is 1. The molecule has 0 spiro atoms. The summed E-state index contributed by atoms with van der Waals surface area (Å²) in [4.78, 5) is 0. The molecule has 1 aromatic carbocycles. The average molecular weight is 289 g/mol. The summed E-state index contributed by atoms with van der Waals surface area (Å²) in [7, 11) is 0. The summed E-state index contributed by atoms with van der Waals surface area (Å²) < 4.78 is 12.0. The van der Waals surface area contributed by atoms with Crippen LogP contribution in [0.3, 0.4) is 0 Å². The number of ether oxygens (including phenoxy) is 2. The van der Waals surface area contributed by atoms with Crippen LogP contribution in [0, 0.1) is 5.41 Å². The van der Waals surface area contributed by atoms with Crippen molar-refractivity contribution in [1.29, 1.82) is 0 Å². The van der Waals surface area contributed by atoms with Gasteiger partial charge in [-0.25, -0.2) is 0 Å². The second kappa shape index (κ2) is 4.99. The summed E-state index contributed by atoms with van der Waals surface area (Å²) in [5.41, 5.74) is 1.23. The summed E-state index contributed by atoms with van der Waals surface area (Å²) in [6.07, 6.45) is 1.44. The monoisotopic (exact) mass is 289 g/mol. The maximum absolute atomic E-state index is 6.13. The van der Waals surface area contributed by atoms with Crippen molar-refractivity contribution in [3.8, 4) is 5.75 Å². The van der Waals surface area contributed by atoms with Gasteiger partial charge in [-0.1, -0.05) is 32.0 Å². The van der Waals surface area contributed by atoms with Crippen molar-refractivity contribution < 1.29 is 9.47 Å². The minimum atomic E-state index is -0.212.